The van der Waals surface area contributed by atoms with Gasteiger partial charge in [-0.25, -0.2) is 0 Å². The predicted octanol–water partition coefficient (Wildman–Crippen LogP) is 5.45. The van der Waals surface area contributed by atoms with Gasteiger partial charge in [-0.2, -0.15) is 0 Å². The van der Waals surface area contributed by atoms with Crippen LogP contribution >= 0.6 is 11.6 Å². The molecule has 2 aromatic carbocycles. The Kier molecular flexibility index (Phi) is 6.59. The van der Waals surface area contributed by atoms with Crippen molar-refractivity contribution in [3.8, 4) is 17.2 Å². The topological polar surface area (TPSA) is 81.9 Å². The summed E-state index contributed by atoms with van der Waals surface area (Å²) in [6.45, 7) is 0. The number of carbonyl (C=O) groups is 1. The number of nitro benzene ring substituents is 1. The van der Waals surface area contributed by atoms with Crippen LogP contribution in [-0.4, -0.2) is 35.9 Å². The first-order valence-corrected chi connectivity index (χ1v) is 9.85. The standard InChI is InChI=1S/C21H23ClN2O5/c1-23(16-6-4-3-5-7-16)21(25)14-8-10-19(20(12-14)28-2)29-18-11-9-15(22)13-17(18)24(26)27/h8-13,16H,3-7H2,1-2H3. The molecule has 1 aliphatic rings. The number of halogens is 1. The maximum Gasteiger partial charge on any atom is 0.313 e. The highest BCUT2D eigenvalue weighted by molar-refractivity contribution is 6.30. The van der Waals surface area contributed by atoms with Crippen LogP contribution in [0.4, 0.5) is 5.69 Å². The van der Waals surface area contributed by atoms with Crippen LogP contribution in [-0.2, 0) is 0 Å². The van der Waals surface area contributed by atoms with Gasteiger partial charge in [0.1, 0.15) is 0 Å². The van der Waals surface area contributed by atoms with Gasteiger partial charge in [0, 0.05) is 29.7 Å². The van der Waals surface area contributed by atoms with Gasteiger partial charge in [0.2, 0.25) is 5.75 Å². The molecule has 0 bridgehead atoms. The summed E-state index contributed by atoms with van der Waals surface area (Å²) in [5.41, 5.74) is 0.226. The summed E-state index contributed by atoms with van der Waals surface area (Å²) in [4.78, 5) is 25.4. The number of nitro groups is 1. The van der Waals surface area contributed by atoms with Gasteiger partial charge in [0.15, 0.2) is 11.5 Å². The summed E-state index contributed by atoms with van der Waals surface area (Å²) < 4.78 is 11.1. The smallest absolute Gasteiger partial charge is 0.313 e. The molecule has 0 atom stereocenters. The summed E-state index contributed by atoms with van der Waals surface area (Å²) in [6.07, 6.45) is 5.52. The molecule has 0 heterocycles. The van der Waals surface area contributed by atoms with Crippen molar-refractivity contribution in [2.45, 2.75) is 38.1 Å². The van der Waals surface area contributed by atoms with Gasteiger partial charge in [-0.3, -0.25) is 14.9 Å². The molecular formula is C21H23ClN2O5. The van der Waals surface area contributed by atoms with E-state index in [0.717, 1.165) is 25.7 Å². The number of benzene rings is 2. The van der Waals surface area contributed by atoms with E-state index in [2.05, 4.69) is 0 Å². The lowest BCUT2D eigenvalue weighted by Crippen LogP contribution is -2.38. The molecule has 0 N–H and O–H groups in total. The Labute approximate surface area is 174 Å². The summed E-state index contributed by atoms with van der Waals surface area (Å²) in [5.74, 6) is 0.544. The van der Waals surface area contributed by atoms with Gasteiger partial charge in [0.05, 0.1) is 12.0 Å². The molecule has 1 fully saturated rings. The van der Waals surface area contributed by atoms with Crippen molar-refractivity contribution in [3.05, 3.63) is 57.1 Å². The monoisotopic (exact) mass is 418 g/mol. The third-order valence-corrected chi connectivity index (χ3v) is 5.43. The first-order valence-electron chi connectivity index (χ1n) is 9.47. The van der Waals surface area contributed by atoms with E-state index < -0.39 is 4.92 Å². The van der Waals surface area contributed by atoms with Crippen LogP contribution in [0.15, 0.2) is 36.4 Å². The Morgan fingerprint density at radius 1 is 1.10 bits per heavy atom. The first-order chi connectivity index (χ1) is 13.9. The molecule has 0 aliphatic heterocycles. The average Bonchev–Trinajstić information content (AvgIpc) is 2.74. The van der Waals surface area contributed by atoms with E-state index in [1.807, 2.05) is 7.05 Å². The SMILES string of the molecule is COc1cc(C(=O)N(C)C2CCCCC2)ccc1Oc1ccc(Cl)cc1[N+](=O)[O-]. The van der Waals surface area contributed by atoms with E-state index in [1.54, 1.807) is 23.1 Å². The van der Waals surface area contributed by atoms with Crippen molar-refractivity contribution in [3.63, 3.8) is 0 Å². The summed E-state index contributed by atoms with van der Waals surface area (Å²) in [5, 5.41) is 11.5. The molecular weight excluding hydrogens is 396 g/mol. The number of hydrogen-bond acceptors (Lipinski definition) is 5. The number of carbonyl (C=O) groups excluding carboxylic acids is 1. The molecule has 7 nitrogen and oxygen atoms in total. The van der Waals surface area contributed by atoms with Crippen LogP contribution < -0.4 is 9.47 Å². The van der Waals surface area contributed by atoms with Gasteiger partial charge in [-0.15, -0.1) is 0 Å². The molecule has 154 valence electrons. The fourth-order valence-corrected chi connectivity index (χ4v) is 3.73. The van der Waals surface area contributed by atoms with E-state index >= 15 is 0 Å². The van der Waals surface area contributed by atoms with Crippen molar-refractivity contribution in [2.75, 3.05) is 14.2 Å². The molecule has 0 unspecified atom stereocenters. The summed E-state index contributed by atoms with van der Waals surface area (Å²) in [7, 11) is 3.28. The Morgan fingerprint density at radius 3 is 2.45 bits per heavy atom. The second-order valence-corrected chi connectivity index (χ2v) is 7.48. The number of methoxy groups -OCH3 is 1. The number of hydrogen-bond donors (Lipinski definition) is 0. The van der Waals surface area contributed by atoms with Crippen molar-refractivity contribution >= 4 is 23.2 Å². The van der Waals surface area contributed by atoms with Crippen LogP contribution in [0.25, 0.3) is 0 Å². The third kappa shape index (κ3) is 4.79. The maximum absolute atomic E-state index is 12.9. The zero-order valence-corrected chi connectivity index (χ0v) is 17.1. The number of amides is 1. The minimum Gasteiger partial charge on any atom is -0.493 e. The van der Waals surface area contributed by atoms with Crippen molar-refractivity contribution in [2.24, 2.45) is 0 Å². The Hall–Kier alpha value is -2.80. The van der Waals surface area contributed by atoms with Crippen LogP contribution in [0.5, 0.6) is 17.2 Å². The second kappa shape index (κ2) is 9.13. The molecule has 2 aromatic rings. The lowest BCUT2D eigenvalue weighted by molar-refractivity contribution is -0.385. The summed E-state index contributed by atoms with van der Waals surface area (Å²) in [6, 6.07) is 9.22. The normalized spacial score (nSPS) is 14.3. The third-order valence-electron chi connectivity index (χ3n) is 5.19. The van der Waals surface area contributed by atoms with Gasteiger partial charge in [-0.05, 0) is 43.2 Å². The first kappa shape index (κ1) is 20.9. The Morgan fingerprint density at radius 2 is 1.79 bits per heavy atom. The average molecular weight is 419 g/mol. The zero-order valence-electron chi connectivity index (χ0n) is 16.4. The molecule has 1 amide bonds. The minimum absolute atomic E-state index is 0.0381. The van der Waals surface area contributed by atoms with Crippen LogP contribution in [0.2, 0.25) is 5.02 Å². The molecule has 1 aliphatic carbocycles. The largest absolute Gasteiger partial charge is 0.493 e. The quantitative estimate of drug-likeness (QED) is 0.460. The maximum atomic E-state index is 12.9. The highest BCUT2D eigenvalue weighted by Gasteiger charge is 2.24. The van der Waals surface area contributed by atoms with E-state index in [1.165, 1.54) is 31.7 Å². The van der Waals surface area contributed by atoms with Crippen LogP contribution in [0.1, 0.15) is 42.5 Å². The van der Waals surface area contributed by atoms with Gasteiger partial charge in [0.25, 0.3) is 5.91 Å². The van der Waals surface area contributed by atoms with Gasteiger partial charge in [-0.1, -0.05) is 30.9 Å². The van der Waals surface area contributed by atoms with E-state index in [4.69, 9.17) is 21.1 Å². The fourth-order valence-electron chi connectivity index (χ4n) is 3.56. The van der Waals surface area contributed by atoms with Crippen LogP contribution in [0, 0.1) is 10.1 Å². The number of rotatable bonds is 6. The fraction of sp³-hybridized carbons (Fsp3) is 0.381. The molecule has 0 aromatic heterocycles. The van der Waals surface area contributed by atoms with E-state index in [-0.39, 0.29) is 34.2 Å². The second-order valence-electron chi connectivity index (χ2n) is 7.04. The molecule has 8 heteroatoms. The molecule has 0 saturated heterocycles. The van der Waals surface area contributed by atoms with E-state index in [9.17, 15) is 14.9 Å². The van der Waals surface area contributed by atoms with Gasteiger partial charge < -0.3 is 14.4 Å². The van der Waals surface area contributed by atoms with Crippen LogP contribution in [0.3, 0.4) is 0 Å². The van der Waals surface area contributed by atoms with Crippen molar-refractivity contribution in [1.82, 2.24) is 4.90 Å². The predicted molar refractivity (Wildman–Crippen MR) is 110 cm³/mol. The number of nitrogens with zero attached hydrogens (tertiary/aromatic N) is 2. The minimum atomic E-state index is -0.565. The van der Waals surface area contributed by atoms with E-state index in [0.29, 0.717) is 11.3 Å². The molecule has 29 heavy (non-hydrogen) atoms. The van der Waals surface area contributed by atoms with Crippen molar-refractivity contribution < 1.29 is 19.2 Å². The Bertz CT molecular complexity index is 912. The molecule has 3 rings (SSSR count). The molecule has 1 saturated carbocycles. The van der Waals surface area contributed by atoms with Crippen molar-refractivity contribution in [1.29, 1.82) is 0 Å². The molecule has 0 radical (unpaired) electrons. The molecule has 0 spiro atoms. The lowest BCUT2D eigenvalue weighted by Gasteiger charge is -2.31. The highest BCUT2D eigenvalue weighted by Crippen LogP contribution is 2.38. The Balaban J connectivity index is 1.84. The lowest BCUT2D eigenvalue weighted by atomic mass is 9.94. The van der Waals surface area contributed by atoms with Gasteiger partial charge >= 0.3 is 5.69 Å². The zero-order chi connectivity index (χ0) is 21.0. The highest BCUT2D eigenvalue weighted by atomic mass is 35.5. The summed E-state index contributed by atoms with van der Waals surface area (Å²) >= 11 is 5.84. The number of ether oxygens (including phenoxy) is 2.